The molecule has 50 heavy (non-hydrogen) atoms. The van der Waals surface area contributed by atoms with Gasteiger partial charge in [-0.05, 0) is 97.0 Å². The van der Waals surface area contributed by atoms with Gasteiger partial charge in [-0.25, -0.2) is 0 Å². The Kier molecular flexibility index (Phi) is 17.8. The second kappa shape index (κ2) is 21.4. The van der Waals surface area contributed by atoms with Gasteiger partial charge in [-0.1, -0.05) is 18.2 Å². The van der Waals surface area contributed by atoms with Gasteiger partial charge < -0.3 is 14.7 Å². The molecule has 5 nitrogen and oxygen atoms in total. The van der Waals surface area contributed by atoms with Crippen LogP contribution in [0.1, 0.15) is 46.0 Å². The molecule has 0 unspecified atom stereocenters. The molecule has 1 aliphatic heterocycles. The monoisotopic (exact) mass is 801 g/mol. The molecule has 1 fully saturated rings. The maximum atomic E-state index is 6.18. The minimum absolute atomic E-state index is 0.110. The number of alkyl halides is 6. The lowest BCUT2D eigenvalue weighted by atomic mass is 9.97. The van der Waals surface area contributed by atoms with Crippen LogP contribution in [-0.2, 0) is 13.1 Å². The van der Waals surface area contributed by atoms with Gasteiger partial charge in [-0.2, -0.15) is 0 Å². The first kappa shape index (κ1) is 41.5. The zero-order valence-corrected chi connectivity index (χ0v) is 34.3. The number of nitrogens with zero attached hydrogens (tertiary/aromatic N) is 5. The summed E-state index contributed by atoms with van der Waals surface area (Å²) in [5, 5.41) is 0. The Hall–Kier alpha value is -1.28. The fraction of sp³-hybridized carbons (Fsp3) is 0.538. The SMILES string of the molecule is Cc1cc(N(CCCl)CCCl)ccc1CN1CCCN(Cc2ccc(N(CCCl)CCCl)cc2C)C1c1ccc(N(CCCl)CCCl)cc1C. The van der Waals surface area contributed by atoms with Crippen LogP contribution in [0.2, 0.25) is 0 Å². The molecule has 0 aliphatic carbocycles. The van der Waals surface area contributed by atoms with E-state index in [-0.39, 0.29) is 6.17 Å². The van der Waals surface area contributed by atoms with Crippen molar-refractivity contribution in [2.45, 2.75) is 46.4 Å². The van der Waals surface area contributed by atoms with Gasteiger partial charge >= 0.3 is 0 Å². The second-order valence-corrected chi connectivity index (χ2v) is 15.3. The predicted molar refractivity (Wildman–Crippen MR) is 223 cm³/mol. The summed E-state index contributed by atoms with van der Waals surface area (Å²) in [7, 11) is 0. The van der Waals surface area contributed by atoms with Crippen LogP contribution in [0.4, 0.5) is 17.1 Å². The van der Waals surface area contributed by atoms with Crippen molar-refractivity contribution < 1.29 is 0 Å². The zero-order valence-electron chi connectivity index (χ0n) is 29.8. The van der Waals surface area contributed by atoms with Gasteiger partial charge in [0.1, 0.15) is 0 Å². The number of halogens is 6. The lowest BCUT2D eigenvalue weighted by Crippen LogP contribution is -2.47. The smallest absolute Gasteiger partial charge is 0.0894 e. The van der Waals surface area contributed by atoms with Crippen LogP contribution >= 0.6 is 69.6 Å². The third kappa shape index (κ3) is 11.1. The Labute approximate surface area is 331 Å². The maximum Gasteiger partial charge on any atom is 0.0894 e. The average molecular weight is 805 g/mol. The first-order chi connectivity index (χ1) is 24.3. The molecule has 1 heterocycles. The third-order valence-electron chi connectivity index (χ3n) is 9.74. The fourth-order valence-corrected chi connectivity index (χ4v) is 8.32. The summed E-state index contributed by atoms with van der Waals surface area (Å²) >= 11 is 36.9. The average Bonchev–Trinajstić information content (AvgIpc) is 3.10. The Morgan fingerprint density at radius 3 is 1.16 bits per heavy atom. The molecular weight excluding hydrogens is 751 g/mol. The lowest BCUT2D eigenvalue weighted by molar-refractivity contribution is -0.00964. The van der Waals surface area contributed by atoms with E-state index < -0.39 is 0 Å². The largest absolute Gasteiger partial charge is 0.369 e. The van der Waals surface area contributed by atoms with Crippen molar-refractivity contribution in [2.24, 2.45) is 0 Å². The number of hydrogen-bond acceptors (Lipinski definition) is 5. The van der Waals surface area contributed by atoms with Gasteiger partial charge in [0.05, 0.1) is 6.17 Å². The van der Waals surface area contributed by atoms with E-state index in [0.717, 1.165) is 77.6 Å². The summed E-state index contributed by atoms with van der Waals surface area (Å²) in [6, 6.07) is 20.5. The van der Waals surface area contributed by atoms with Crippen molar-refractivity contribution in [1.82, 2.24) is 9.80 Å². The lowest BCUT2D eigenvalue weighted by Gasteiger charge is -2.45. The van der Waals surface area contributed by atoms with E-state index in [1.54, 1.807) is 0 Å². The van der Waals surface area contributed by atoms with Crippen molar-refractivity contribution in [1.29, 1.82) is 0 Å². The molecule has 4 rings (SSSR count). The second-order valence-electron chi connectivity index (χ2n) is 13.0. The molecule has 0 aromatic heterocycles. The van der Waals surface area contributed by atoms with Crippen LogP contribution in [0.25, 0.3) is 0 Å². The van der Waals surface area contributed by atoms with Gasteiger partial charge in [0.25, 0.3) is 0 Å². The van der Waals surface area contributed by atoms with Gasteiger partial charge in [0.2, 0.25) is 0 Å². The number of benzene rings is 3. The highest BCUT2D eigenvalue weighted by Gasteiger charge is 2.32. The summed E-state index contributed by atoms with van der Waals surface area (Å²) in [5.41, 5.74) is 11.3. The van der Waals surface area contributed by atoms with Crippen molar-refractivity contribution in [3.8, 4) is 0 Å². The molecule has 1 saturated heterocycles. The first-order valence-electron chi connectivity index (χ1n) is 17.7. The van der Waals surface area contributed by atoms with E-state index in [2.05, 4.69) is 99.9 Å². The summed E-state index contributed by atoms with van der Waals surface area (Å²) in [5.74, 6) is 3.39. The van der Waals surface area contributed by atoms with Crippen LogP contribution < -0.4 is 14.7 Å². The van der Waals surface area contributed by atoms with Crippen LogP contribution in [0, 0.1) is 20.8 Å². The molecule has 3 aromatic carbocycles. The van der Waals surface area contributed by atoms with Gasteiger partial charge in [0.15, 0.2) is 0 Å². The van der Waals surface area contributed by atoms with E-state index in [1.807, 2.05) is 0 Å². The Morgan fingerprint density at radius 2 is 0.840 bits per heavy atom. The molecule has 0 radical (unpaired) electrons. The molecule has 1 aliphatic rings. The van der Waals surface area contributed by atoms with Crippen molar-refractivity contribution >= 4 is 86.7 Å². The molecule has 0 saturated carbocycles. The number of rotatable bonds is 20. The minimum atomic E-state index is 0.110. The quantitative estimate of drug-likeness (QED) is 0.106. The Bertz CT molecular complexity index is 1380. The van der Waals surface area contributed by atoms with E-state index in [9.17, 15) is 0 Å². The molecule has 0 bridgehead atoms. The summed E-state index contributed by atoms with van der Waals surface area (Å²) in [6.07, 6.45) is 1.21. The van der Waals surface area contributed by atoms with Gasteiger partial charge in [-0.3, -0.25) is 9.80 Å². The standard InChI is InChI=1S/C39H53Cl6N5/c1-30-25-35(46(19-11-40)20-12-41)7-5-33(30)28-49-17-4-18-50(29-34-6-8-36(26-31(34)2)47(21-13-42)22-14-43)39(49)38-10-9-37(27-32(38)3)48(23-15-44)24-16-45/h5-10,25-27,39H,4,11-24,28-29H2,1-3H3. The van der Waals surface area contributed by atoms with Crippen LogP contribution in [0.5, 0.6) is 0 Å². The molecule has 3 aromatic rings. The van der Waals surface area contributed by atoms with Gasteiger partial charge in [-0.15, -0.1) is 69.6 Å². The van der Waals surface area contributed by atoms with E-state index >= 15 is 0 Å². The molecular formula is C39H53Cl6N5. The molecule has 11 heteroatoms. The number of anilines is 3. The maximum absolute atomic E-state index is 6.18. The van der Waals surface area contributed by atoms with Crippen LogP contribution in [0.15, 0.2) is 54.6 Å². The fourth-order valence-electron chi connectivity index (χ4n) is 7.09. The van der Waals surface area contributed by atoms with E-state index in [0.29, 0.717) is 35.3 Å². The molecule has 276 valence electrons. The van der Waals surface area contributed by atoms with E-state index in [1.165, 1.54) is 44.8 Å². The Balaban J connectivity index is 1.69. The van der Waals surface area contributed by atoms with Crippen molar-refractivity contribution in [3.05, 3.63) is 88.0 Å². The summed E-state index contributed by atoms with van der Waals surface area (Å²) < 4.78 is 0. The summed E-state index contributed by atoms with van der Waals surface area (Å²) in [4.78, 5) is 12.1. The molecule has 0 spiro atoms. The molecule has 0 atom stereocenters. The van der Waals surface area contributed by atoms with Crippen molar-refractivity contribution in [2.75, 3.05) is 102 Å². The highest BCUT2D eigenvalue weighted by molar-refractivity contribution is 6.19. The molecule has 0 N–H and O–H groups in total. The highest BCUT2D eigenvalue weighted by Crippen LogP contribution is 2.36. The zero-order chi connectivity index (χ0) is 36.0. The number of aryl methyl sites for hydroxylation is 3. The highest BCUT2D eigenvalue weighted by atomic mass is 35.5. The molecule has 0 amide bonds. The number of hydrogen-bond donors (Lipinski definition) is 0. The van der Waals surface area contributed by atoms with Crippen molar-refractivity contribution in [3.63, 3.8) is 0 Å². The minimum Gasteiger partial charge on any atom is -0.369 e. The third-order valence-corrected chi connectivity index (χ3v) is 10.7. The topological polar surface area (TPSA) is 16.2 Å². The summed E-state index contributed by atoms with van der Waals surface area (Å²) in [6.45, 7) is 15.1. The Morgan fingerprint density at radius 1 is 0.500 bits per heavy atom. The normalized spacial score (nSPS) is 14.3. The van der Waals surface area contributed by atoms with Gasteiger partial charge in [0, 0.05) is 118 Å². The van der Waals surface area contributed by atoms with Crippen LogP contribution in [0.3, 0.4) is 0 Å². The van der Waals surface area contributed by atoms with Crippen LogP contribution in [-0.4, -0.2) is 97.4 Å². The first-order valence-corrected chi connectivity index (χ1v) is 20.9. The predicted octanol–water partition coefficient (Wildman–Crippen LogP) is 9.87. The van der Waals surface area contributed by atoms with E-state index in [4.69, 9.17) is 69.6 Å².